The van der Waals surface area contributed by atoms with Gasteiger partial charge in [-0.25, -0.2) is 0 Å². The van der Waals surface area contributed by atoms with Gasteiger partial charge in [0.2, 0.25) is 0 Å². The first-order valence-corrected chi connectivity index (χ1v) is 6.64. The van der Waals surface area contributed by atoms with Crippen LogP contribution in [0.1, 0.15) is 48.0 Å². The van der Waals surface area contributed by atoms with Crippen molar-refractivity contribution in [2.45, 2.75) is 37.7 Å². The third-order valence-corrected chi connectivity index (χ3v) is 3.65. The minimum Gasteiger partial charge on any atom is -0.388 e. The Morgan fingerprint density at radius 3 is 2.68 bits per heavy atom. The summed E-state index contributed by atoms with van der Waals surface area (Å²) in [6, 6.07) is 8.69. The van der Waals surface area contributed by atoms with Crippen molar-refractivity contribution >= 4 is 5.91 Å². The number of nitrogens with zero attached hydrogens (tertiary/aromatic N) is 1. The molecule has 100 valence electrons. The van der Waals surface area contributed by atoms with Gasteiger partial charge < -0.3 is 10.4 Å². The Labute approximate surface area is 113 Å². The molecule has 19 heavy (non-hydrogen) atoms. The highest BCUT2D eigenvalue weighted by Gasteiger charge is 2.29. The Morgan fingerprint density at radius 2 is 2.00 bits per heavy atom. The van der Waals surface area contributed by atoms with Crippen LogP contribution in [0, 0.1) is 11.3 Å². The third-order valence-electron chi connectivity index (χ3n) is 3.65. The molecule has 1 fully saturated rings. The van der Waals surface area contributed by atoms with Crippen LogP contribution in [0.3, 0.4) is 0 Å². The largest absolute Gasteiger partial charge is 0.388 e. The van der Waals surface area contributed by atoms with E-state index in [0.29, 0.717) is 11.1 Å². The van der Waals surface area contributed by atoms with E-state index in [1.807, 2.05) is 6.07 Å². The Hall–Kier alpha value is -1.86. The van der Waals surface area contributed by atoms with E-state index in [1.54, 1.807) is 24.3 Å². The fourth-order valence-corrected chi connectivity index (χ4v) is 2.51. The number of hydrogen-bond acceptors (Lipinski definition) is 3. The molecule has 0 bridgehead atoms. The van der Waals surface area contributed by atoms with Crippen molar-refractivity contribution in [1.29, 1.82) is 5.26 Å². The molecule has 0 spiro atoms. The highest BCUT2D eigenvalue weighted by atomic mass is 16.3. The fraction of sp³-hybridized carbons (Fsp3) is 0.467. The van der Waals surface area contributed by atoms with E-state index in [9.17, 15) is 9.90 Å². The van der Waals surface area contributed by atoms with Crippen molar-refractivity contribution < 1.29 is 9.90 Å². The van der Waals surface area contributed by atoms with Crippen LogP contribution in [0.2, 0.25) is 0 Å². The number of hydrogen-bond donors (Lipinski definition) is 2. The number of nitrogens with one attached hydrogen (secondary N) is 1. The smallest absolute Gasteiger partial charge is 0.252 e. The number of benzene rings is 1. The van der Waals surface area contributed by atoms with E-state index in [0.717, 1.165) is 32.1 Å². The van der Waals surface area contributed by atoms with Gasteiger partial charge in [-0.05, 0) is 25.0 Å². The third kappa shape index (κ3) is 3.33. The lowest BCUT2D eigenvalue weighted by molar-refractivity contribution is 0.00525. The van der Waals surface area contributed by atoms with Crippen LogP contribution in [0.4, 0.5) is 0 Å². The minimum absolute atomic E-state index is 0.256. The Bertz CT molecular complexity index is 499. The lowest BCUT2D eigenvalue weighted by atomic mass is 9.85. The van der Waals surface area contributed by atoms with Crippen LogP contribution in [-0.2, 0) is 0 Å². The monoisotopic (exact) mass is 258 g/mol. The van der Waals surface area contributed by atoms with Gasteiger partial charge >= 0.3 is 0 Å². The summed E-state index contributed by atoms with van der Waals surface area (Å²) in [4.78, 5) is 12.0. The molecule has 0 heterocycles. The molecule has 0 aliphatic heterocycles. The summed E-state index contributed by atoms with van der Waals surface area (Å²) >= 11 is 0. The van der Waals surface area contributed by atoms with Crippen molar-refractivity contribution in [2.75, 3.05) is 6.54 Å². The van der Waals surface area contributed by atoms with Crippen molar-refractivity contribution in [3.63, 3.8) is 0 Å². The number of carbonyl (C=O) groups is 1. The lowest BCUT2D eigenvalue weighted by Crippen LogP contribution is -2.44. The van der Waals surface area contributed by atoms with Gasteiger partial charge in [0, 0.05) is 6.54 Å². The van der Waals surface area contributed by atoms with Crippen LogP contribution < -0.4 is 5.32 Å². The SMILES string of the molecule is N#Cc1ccccc1C(=O)NCC1(O)CCCCC1. The topological polar surface area (TPSA) is 73.1 Å². The predicted molar refractivity (Wildman–Crippen MR) is 71.5 cm³/mol. The number of carbonyl (C=O) groups excluding carboxylic acids is 1. The maximum absolute atomic E-state index is 12.0. The first kappa shape index (κ1) is 13.6. The molecule has 0 radical (unpaired) electrons. The molecule has 1 saturated carbocycles. The summed E-state index contributed by atoms with van der Waals surface area (Å²) < 4.78 is 0. The maximum atomic E-state index is 12.0. The molecule has 0 unspecified atom stereocenters. The first-order chi connectivity index (χ1) is 9.14. The average Bonchev–Trinajstić information content (AvgIpc) is 2.45. The van der Waals surface area contributed by atoms with E-state index in [2.05, 4.69) is 5.32 Å². The van der Waals surface area contributed by atoms with E-state index in [-0.39, 0.29) is 12.5 Å². The molecule has 4 nitrogen and oxygen atoms in total. The van der Waals surface area contributed by atoms with Crippen molar-refractivity contribution in [3.05, 3.63) is 35.4 Å². The van der Waals surface area contributed by atoms with Gasteiger partial charge in [-0.3, -0.25) is 4.79 Å². The van der Waals surface area contributed by atoms with E-state index >= 15 is 0 Å². The van der Waals surface area contributed by atoms with Crippen molar-refractivity contribution in [2.24, 2.45) is 0 Å². The van der Waals surface area contributed by atoms with Crippen molar-refractivity contribution in [1.82, 2.24) is 5.32 Å². The van der Waals surface area contributed by atoms with Gasteiger partial charge in [0.15, 0.2) is 0 Å². The van der Waals surface area contributed by atoms with Gasteiger partial charge in [0.25, 0.3) is 5.91 Å². The quantitative estimate of drug-likeness (QED) is 0.870. The van der Waals surface area contributed by atoms with Crippen LogP contribution in [0.25, 0.3) is 0 Å². The minimum atomic E-state index is -0.782. The van der Waals surface area contributed by atoms with Crippen LogP contribution in [-0.4, -0.2) is 23.2 Å². The number of nitriles is 1. The molecular formula is C15H18N2O2. The second kappa shape index (κ2) is 5.85. The Balaban J connectivity index is 2.00. The molecule has 0 atom stereocenters. The first-order valence-electron chi connectivity index (χ1n) is 6.64. The van der Waals surface area contributed by atoms with Gasteiger partial charge in [-0.2, -0.15) is 5.26 Å². The number of amides is 1. The molecule has 0 saturated heterocycles. The van der Waals surface area contributed by atoms with Gasteiger partial charge in [-0.15, -0.1) is 0 Å². The molecule has 1 amide bonds. The molecule has 0 aromatic heterocycles. The summed E-state index contributed by atoms with van der Waals surface area (Å²) in [6.45, 7) is 0.256. The lowest BCUT2D eigenvalue weighted by Gasteiger charge is -2.32. The zero-order chi connectivity index (χ0) is 13.7. The Kier molecular flexibility index (Phi) is 4.18. The van der Waals surface area contributed by atoms with Gasteiger partial charge in [0.05, 0.1) is 22.8 Å². The highest BCUT2D eigenvalue weighted by Crippen LogP contribution is 2.27. The number of rotatable bonds is 3. The standard InChI is InChI=1S/C15H18N2O2/c16-10-12-6-2-3-7-13(12)14(18)17-11-15(19)8-4-1-5-9-15/h2-3,6-7,19H,1,4-5,8-9,11H2,(H,17,18). The summed E-state index contributed by atoms with van der Waals surface area (Å²) in [5, 5.41) is 22.0. The van der Waals surface area contributed by atoms with E-state index < -0.39 is 5.60 Å². The molecular weight excluding hydrogens is 240 g/mol. The summed E-state index contributed by atoms with van der Waals surface area (Å²) in [5.74, 6) is -0.295. The van der Waals surface area contributed by atoms with Crippen molar-refractivity contribution in [3.8, 4) is 6.07 Å². The van der Waals surface area contributed by atoms with Crippen LogP contribution in [0.5, 0.6) is 0 Å². The second-order valence-corrected chi connectivity index (χ2v) is 5.13. The molecule has 1 aromatic carbocycles. The van der Waals surface area contributed by atoms with Crippen LogP contribution in [0.15, 0.2) is 24.3 Å². The molecule has 1 aliphatic rings. The predicted octanol–water partition coefficient (Wildman–Crippen LogP) is 1.98. The van der Waals surface area contributed by atoms with E-state index in [1.165, 1.54) is 0 Å². The number of aliphatic hydroxyl groups is 1. The highest BCUT2D eigenvalue weighted by molar-refractivity contribution is 5.96. The molecule has 2 N–H and O–H groups in total. The average molecular weight is 258 g/mol. The van der Waals surface area contributed by atoms with Gasteiger partial charge in [-0.1, -0.05) is 31.4 Å². The van der Waals surface area contributed by atoms with Crippen LogP contribution >= 0.6 is 0 Å². The second-order valence-electron chi connectivity index (χ2n) is 5.13. The molecule has 1 aliphatic carbocycles. The summed E-state index contributed by atoms with van der Waals surface area (Å²) in [7, 11) is 0. The zero-order valence-electron chi connectivity index (χ0n) is 10.9. The van der Waals surface area contributed by atoms with E-state index in [4.69, 9.17) is 5.26 Å². The Morgan fingerprint density at radius 1 is 1.32 bits per heavy atom. The molecule has 4 heteroatoms. The van der Waals surface area contributed by atoms with Gasteiger partial charge in [0.1, 0.15) is 0 Å². The molecule has 1 aromatic rings. The normalized spacial score (nSPS) is 17.5. The molecule has 2 rings (SSSR count). The summed E-state index contributed by atoms with van der Waals surface area (Å²) in [6.07, 6.45) is 4.61. The summed E-state index contributed by atoms with van der Waals surface area (Å²) in [5.41, 5.74) is -0.0600. The zero-order valence-corrected chi connectivity index (χ0v) is 10.9. The maximum Gasteiger partial charge on any atom is 0.252 e. The fourth-order valence-electron chi connectivity index (χ4n) is 2.51.